The van der Waals surface area contributed by atoms with Gasteiger partial charge in [0.15, 0.2) is 5.76 Å². The van der Waals surface area contributed by atoms with Gasteiger partial charge in [-0.2, -0.15) is 0 Å². The molecule has 0 radical (unpaired) electrons. The molecule has 0 aliphatic carbocycles. The maximum absolute atomic E-state index is 12.9. The molecule has 4 rings (SSSR count). The number of amides is 1. The molecule has 0 saturated carbocycles. The number of rotatable bonds is 9. The van der Waals surface area contributed by atoms with Gasteiger partial charge >= 0.3 is 0 Å². The van der Waals surface area contributed by atoms with Crippen molar-refractivity contribution in [3.8, 4) is 23.1 Å². The number of hydrogen-bond donors (Lipinski definition) is 1. The Labute approximate surface area is 189 Å². The van der Waals surface area contributed by atoms with Crippen molar-refractivity contribution in [3.63, 3.8) is 0 Å². The molecule has 0 saturated heterocycles. The minimum Gasteiger partial charge on any atom is -0.497 e. The van der Waals surface area contributed by atoms with Crippen LogP contribution in [-0.2, 0) is 13.2 Å². The molecule has 8 heteroatoms. The fraction of sp³-hybridized carbons (Fsp3) is 0.120. The predicted octanol–water partition coefficient (Wildman–Crippen LogP) is 5.12. The van der Waals surface area contributed by atoms with Gasteiger partial charge in [-0.3, -0.25) is 4.79 Å². The van der Waals surface area contributed by atoms with Crippen molar-refractivity contribution in [2.45, 2.75) is 13.2 Å². The molecular formula is C25H21FN2O5. The summed E-state index contributed by atoms with van der Waals surface area (Å²) in [6.45, 7) is 0.394. The van der Waals surface area contributed by atoms with Gasteiger partial charge in [-0.05, 0) is 54.1 Å². The second kappa shape index (κ2) is 10.3. The molecule has 4 aromatic rings. The van der Waals surface area contributed by atoms with Crippen molar-refractivity contribution in [1.29, 1.82) is 0 Å². The molecule has 1 N–H and O–H groups in total. The molecule has 0 aliphatic rings. The summed E-state index contributed by atoms with van der Waals surface area (Å²) in [5.74, 6) is 2.17. The number of nitrogens with one attached hydrogen (secondary N) is 1. The number of ether oxygens (including phenoxy) is 3. The van der Waals surface area contributed by atoms with Gasteiger partial charge in [0, 0.05) is 24.9 Å². The van der Waals surface area contributed by atoms with Crippen molar-refractivity contribution >= 4 is 5.91 Å². The first-order valence-electron chi connectivity index (χ1n) is 10.1. The quantitative estimate of drug-likeness (QED) is 0.383. The Morgan fingerprint density at radius 2 is 1.82 bits per heavy atom. The van der Waals surface area contributed by atoms with Crippen molar-refractivity contribution in [2.75, 3.05) is 7.11 Å². The number of aromatic nitrogens is 1. The van der Waals surface area contributed by atoms with E-state index in [2.05, 4.69) is 10.3 Å². The highest BCUT2D eigenvalue weighted by molar-refractivity contribution is 5.91. The van der Waals surface area contributed by atoms with Crippen LogP contribution in [0.3, 0.4) is 0 Å². The molecule has 2 aromatic carbocycles. The Morgan fingerprint density at radius 3 is 2.58 bits per heavy atom. The Morgan fingerprint density at radius 1 is 1.00 bits per heavy atom. The van der Waals surface area contributed by atoms with E-state index in [0.29, 0.717) is 28.9 Å². The Hall–Kier alpha value is -4.33. The van der Waals surface area contributed by atoms with E-state index < -0.39 is 0 Å². The van der Waals surface area contributed by atoms with Crippen LogP contribution in [0.25, 0.3) is 0 Å². The van der Waals surface area contributed by atoms with Gasteiger partial charge in [-0.15, -0.1) is 0 Å². The van der Waals surface area contributed by atoms with Gasteiger partial charge in [0.2, 0.25) is 5.88 Å². The molecule has 0 unspecified atom stereocenters. The van der Waals surface area contributed by atoms with Gasteiger partial charge in [0.05, 0.1) is 7.11 Å². The maximum atomic E-state index is 12.9. The molecular weight excluding hydrogens is 427 g/mol. The van der Waals surface area contributed by atoms with E-state index in [4.69, 9.17) is 18.6 Å². The van der Waals surface area contributed by atoms with Gasteiger partial charge in [-0.25, -0.2) is 9.37 Å². The topological polar surface area (TPSA) is 82.8 Å². The molecule has 0 atom stereocenters. The largest absolute Gasteiger partial charge is 0.497 e. The highest BCUT2D eigenvalue weighted by atomic mass is 19.1. The lowest BCUT2D eigenvalue weighted by atomic mass is 10.3. The van der Waals surface area contributed by atoms with Crippen LogP contribution in [0, 0.1) is 5.82 Å². The third-order valence-corrected chi connectivity index (χ3v) is 4.59. The lowest BCUT2D eigenvalue weighted by molar-refractivity contribution is 0.0919. The predicted molar refractivity (Wildman–Crippen MR) is 118 cm³/mol. The van der Waals surface area contributed by atoms with Crippen LogP contribution in [0.5, 0.6) is 23.1 Å². The van der Waals surface area contributed by atoms with E-state index in [1.54, 1.807) is 43.6 Å². The highest BCUT2D eigenvalue weighted by Crippen LogP contribution is 2.24. The van der Waals surface area contributed by atoms with Crippen LogP contribution in [0.1, 0.15) is 21.9 Å². The average molecular weight is 448 g/mol. The van der Waals surface area contributed by atoms with Crippen molar-refractivity contribution in [1.82, 2.24) is 10.3 Å². The minimum atomic E-state index is -0.361. The number of furan rings is 1. The SMILES string of the molecule is COc1cccc(Oc2ccc(CNC(=O)c3ccc(COc4ccc(F)cc4)o3)cn2)c1. The number of methoxy groups -OCH3 is 1. The van der Waals surface area contributed by atoms with Crippen molar-refractivity contribution < 1.29 is 27.8 Å². The number of pyridine rings is 1. The first-order valence-corrected chi connectivity index (χ1v) is 10.1. The van der Waals surface area contributed by atoms with E-state index >= 15 is 0 Å². The number of halogens is 1. The molecule has 2 heterocycles. The summed E-state index contributed by atoms with van der Waals surface area (Å²) < 4.78 is 34.9. The average Bonchev–Trinajstić information content (AvgIpc) is 3.32. The molecule has 7 nitrogen and oxygen atoms in total. The van der Waals surface area contributed by atoms with Crippen molar-refractivity contribution in [3.05, 3.63) is 102 Å². The van der Waals surface area contributed by atoms with Crippen LogP contribution in [0.4, 0.5) is 4.39 Å². The summed E-state index contributed by atoms with van der Waals surface area (Å²) in [6, 6.07) is 19.6. The van der Waals surface area contributed by atoms with Crippen molar-refractivity contribution in [2.24, 2.45) is 0 Å². The summed E-state index contributed by atoms with van der Waals surface area (Å²) in [5.41, 5.74) is 0.799. The zero-order valence-corrected chi connectivity index (χ0v) is 17.8. The molecule has 33 heavy (non-hydrogen) atoms. The van der Waals surface area contributed by atoms with E-state index in [0.717, 1.165) is 5.56 Å². The lowest BCUT2D eigenvalue weighted by Gasteiger charge is -2.08. The number of carbonyl (C=O) groups excluding carboxylic acids is 1. The molecule has 0 bridgehead atoms. The summed E-state index contributed by atoms with van der Waals surface area (Å²) in [5, 5.41) is 2.78. The fourth-order valence-electron chi connectivity index (χ4n) is 2.89. The monoisotopic (exact) mass is 448 g/mol. The van der Waals surface area contributed by atoms with E-state index in [9.17, 15) is 9.18 Å². The van der Waals surface area contributed by atoms with E-state index in [1.165, 1.54) is 24.3 Å². The molecule has 168 valence electrons. The third-order valence-electron chi connectivity index (χ3n) is 4.59. The van der Waals surface area contributed by atoms with Crippen LogP contribution >= 0.6 is 0 Å². The molecule has 0 fully saturated rings. The molecule has 1 amide bonds. The number of benzene rings is 2. The smallest absolute Gasteiger partial charge is 0.287 e. The van der Waals surface area contributed by atoms with Crippen LogP contribution in [0.15, 0.2) is 83.4 Å². The molecule has 2 aromatic heterocycles. The van der Waals surface area contributed by atoms with Crippen LogP contribution < -0.4 is 19.5 Å². The van der Waals surface area contributed by atoms with Gasteiger partial charge < -0.3 is 23.9 Å². The summed E-state index contributed by atoms with van der Waals surface area (Å²) >= 11 is 0. The summed E-state index contributed by atoms with van der Waals surface area (Å²) in [6.07, 6.45) is 1.62. The second-order valence-corrected chi connectivity index (χ2v) is 6.98. The molecule has 0 aliphatic heterocycles. The van der Waals surface area contributed by atoms with Gasteiger partial charge in [0.1, 0.15) is 35.4 Å². The minimum absolute atomic E-state index is 0.123. The standard InChI is InChI=1S/C25H21FN2O5/c1-30-20-3-2-4-21(13-20)33-24-12-5-17(14-27-24)15-28-25(29)23-11-10-22(32-23)16-31-19-8-6-18(26)7-9-19/h2-14H,15-16H2,1H3,(H,28,29). The molecule has 0 spiro atoms. The van der Waals surface area contributed by atoms with Crippen LogP contribution in [0.2, 0.25) is 0 Å². The summed E-state index contributed by atoms with van der Waals surface area (Å²) in [7, 11) is 1.59. The zero-order valence-electron chi connectivity index (χ0n) is 17.8. The lowest BCUT2D eigenvalue weighted by Crippen LogP contribution is -2.22. The van der Waals surface area contributed by atoms with Crippen LogP contribution in [-0.4, -0.2) is 18.0 Å². The van der Waals surface area contributed by atoms with Gasteiger partial charge in [0.25, 0.3) is 5.91 Å². The Kier molecular flexibility index (Phi) is 6.84. The second-order valence-electron chi connectivity index (χ2n) is 6.98. The maximum Gasteiger partial charge on any atom is 0.287 e. The van der Waals surface area contributed by atoms with E-state index in [-0.39, 0.29) is 30.6 Å². The fourth-order valence-corrected chi connectivity index (χ4v) is 2.89. The number of carbonyl (C=O) groups is 1. The Balaban J connectivity index is 1.26. The Bertz CT molecular complexity index is 1210. The normalized spacial score (nSPS) is 10.5. The highest BCUT2D eigenvalue weighted by Gasteiger charge is 2.12. The number of hydrogen-bond acceptors (Lipinski definition) is 6. The van der Waals surface area contributed by atoms with E-state index in [1.807, 2.05) is 18.2 Å². The zero-order chi connectivity index (χ0) is 23.0. The first kappa shape index (κ1) is 21.9. The third kappa shape index (κ3) is 6.10. The first-order chi connectivity index (χ1) is 16.1. The number of nitrogens with zero attached hydrogens (tertiary/aromatic N) is 1. The van der Waals surface area contributed by atoms with Gasteiger partial charge in [-0.1, -0.05) is 12.1 Å². The summed E-state index contributed by atoms with van der Waals surface area (Å²) in [4.78, 5) is 16.6.